The van der Waals surface area contributed by atoms with Crippen LogP contribution in [0.25, 0.3) is 0 Å². The van der Waals surface area contributed by atoms with Crippen LogP contribution in [0.1, 0.15) is 40.3 Å². The number of nitrogens with zero attached hydrogens (tertiary/aromatic N) is 2. The highest BCUT2D eigenvalue weighted by molar-refractivity contribution is 5.94. The first-order valence-electron chi connectivity index (χ1n) is 8.56. The van der Waals surface area contributed by atoms with E-state index < -0.39 is 0 Å². The van der Waals surface area contributed by atoms with Crippen molar-refractivity contribution in [3.8, 4) is 0 Å². The van der Waals surface area contributed by atoms with Gasteiger partial charge in [0.1, 0.15) is 0 Å². The van der Waals surface area contributed by atoms with E-state index in [1.54, 1.807) is 12.1 Å². The number of hydrogen-bond acceptors (Lipinski definition) is 4. The average Bonchev–Trinajstić information content (AvgIpc) is 2.62. The first-order valence-corrected chi connectivity index (χ1v) is 8.56. The molecule has 1 amide bonds. The molecule has 0 spiro atoms. The van der Waals surface area contributed by atoms with Crippen LogP contribution in [-0.4, -0.2) is 15.9 Å². The fourth-order valence-corrected chi connectivity index (χ4v) is 2.72. The molecule has 3 rings (SSSR count). The normalized spacial score (nSPS) is 11.7. The van der Waals surface area contributed by atoms with Gasteiger partial charge in [0, 0.05) is 22.6 Å². The standard InChI is InChI=1S/C21H22N4O/c1-14-13-15(2)23-21(22-14)25-19-11-9-18(10-12-19)20(26)24-16(3)17-7-5-4-6-8-17/h4-13,16H,1-3H3,(H,24,26)(H,22,23,25)/t16-/m0/s1. The molecule has 0 bridgehead atoms. The number of aromatic nitrogens is 2. The predicted octanol–water partition coefficient (Wildman–Crippen LogP) is 4.33. The Kier molecular flexibility index (Phi) is 5.27. The molecule has 0 fully saturated rings. The van der Waals surface area contributed by atoms with E-state index in [0.29, 0.717) is 11.5 Å². The Labute approximate surface area is 153 Å². The summed E-state index contributed by atoms with van der Waals surface area (Å²) in [4.78, 5) is 21.1. The average molecular weight is 346 g/mol. The summed E-state index contributed by atoms with van der Waals surface area (Å²) in [7, 11) is 0. The molecule has 2 aromatic carbocycles. The van der Waals surface area contributed by atoms with Gasteiger partial charge in [-0.1, -0.05) is 30.3 Å². The summed E-state index contributed by atoms with van der Waals surface area (Å²) in [5.41, 5.74) is 4.34. The quantitative estimate of drug-likeness (QED) is 0.722. The lowest BCUT2D eigenvalue weighted by atomic mass is 10.1. The number of nitrogens with one attached hydrogen (secondary N) is 2. The molecule has 0 radical (unpaired) electrons. The van der Waals surface area contributed by atoms with Crippen molar-refractivity contribution in [3.63, 3.8) is 0 Å². The molecule has 0 aliphatic carbocycles. The lowest BCUT2D eigenvalue weighted by Crippen LogP contribution is -2.26. The Bertz CT molecular complexity index is 871. The second-order valence-electron chi connectivity index (χ2n) is 6.28. The Balaban J connectivity index is 1.66. The van der Waals surface area contributed by atoms with Crippen LogP contribution in [-0.2, 0) is 0 Å². The van der Waals surface area contributed by atoms with Crippen LogP contribution in [0.15, 0.2) is 60.7 Å². The first-order chi connectivity index (χ1) is 12.5. The molecule has 1 atom stereocenters. The molecule has 0 aliphatic rings. The van der Waals surface area contributed by atoms with Gasteiger partial charge in [0.15, 0.2) is 0 Å². The maximum absolute atomic E-state index is 12.4. The number of amides is 1. The van der Waals surface area contributed by atoms with Crippen molar-refractivity contribution < 1.29 is 4.79 Å². The minimum absolute atomic E-state index is 0.0508. The molecular weight excluding hydrogens is 324 g/mol. The lowest BCUT2D eigenvalue weighted by molar-refractivity contribution is 0.0940. The van der Waals surface area contributed by atoms with E-state index in [9.17, 15) is 4.79 Å². The van der Waals surface area contributed by atoms with Gasteiger partial charge >= 0.3 is 0 Å². The Hall–Kier alpha value is -3.21. The van der Waals surface area contributed by atoms with Crippen molar-refractivity contribution >= 4 is 17.5 Å². The molecule has 0 saturated heterocycles. The van der Waals surface area contributed by atoms with E-state index in [-0.39, 0.29) is 11.9 Å². The van der Waals surface area contributed by atoms with Crippen LogP contribution in [0, 0.1) is 13.8 Å². The zero-order valence-corrected chi connectivity index (χ0v) is 15.2. The molecular formula is C21H22N4O. The number of aryl methyl sites for hydroxylation is 2. The molecule has 3 aromatic rings. The summed E-state index contributed by atoms with van der Waals surface area (Å²) in [5.74, 6) is 0.452. The molecule has 2 N–H and O–H groups in total. The van der Waals surface area contributed by atoms with Crippen LogP contribution >= 0.6 is 0 Å². The highest BCUT2D eigenvalue weighted by atomic mass is 16.1. The Morgan fingerprint density at radius 3 is 2.15 bits per heavy atom. The van der Waals surface area contributed by atoms with E-state index in [0.717, 1.165) is 22.6 Å². The summed E-state index contributed by atoms with van der Waals surface area (Å²) in [5, 5.41) is 6.18. The van der Waals surface area contributed by atoms with Gasteiger partial charge in [0.25, 0.3) is 5.91 Å². The van der Waals surface area contributed by atoms with Crippen molar-refractivity contribution in [3.05, 3.63) is 83.2 Å². The largest absolute Gasteiger partial charge is 0.346 e. The van der Waals surface area contributed by atoms with E-state index in [1.807, 2.05) is 69.3 Å². The summed E-state index contributed by atoms with van der Waals surface area (Å²) in [6, 6.07) is 19.0. The molecule has 26 heavy (non-hydrogen) atoms. The number of benzene rings is 2. The van der Waals surface area contributed by atoms with Crippen molar-refractivity contribution in [1.29, 1.82) is 0 Å². The van der Waals surface area contributed by atoms with Gasteiger partial charge in [-0.3, -0.25) is 4.79 Å². The molecule has 5 nitrogen and oxygen atoms in total. The Morgan fingerprint density at radius 2 is 1.54 bits per heavy atom. The monoisotopic (exact) mass is 346 g/mol. The molecule has 0 aliphatic heterocycles. The third-order valence-electron chi connectivity index (χ3n) is 4.03. The third-order valence-corrected chi connectivity index (χ3v) is 4.03. The molecule has 5 heteroatoms. The molecule has 0 saturated carbocycles. The van der Waals surface area contributed by atoms with Crippen molar-refractivity contribution in [2.75, 3.05) is 5.32 Å². The number of rotatable bonds is 5. The highest BCUT2D eigenvalue weighted by Gasteiger charge is 2.11. The van der Waals surface area contributed by atoms with E-state index >= 15 is 0 Å². The van der Waals surface area contributed by atoms with Crippen molar-refractivity contribution in [1.82, 2.24) is 15.3 Å². The topological polar surface area (TPSA) is 66.9 Å². The van der Waals surface area contributed by atoms with Crippen LogP contribution in [0.2, 0.25) is 0 Å². The predicted molar refractivity (Wildman–Crippen MR) is 104 cm³/mol. The summed E-state index contributed by atoms with van der Waals surface area (Å²) >= 11 is 0. The van der Waals surface area contributed by atoms with Gasteiger partial charge in [-0.2, -0.15) is 0 Å². The zero-order valence-electron chi connectivity index (χ0n) is 15.2. The van der Waals surface area contributed by atoms with Gasteiger partial charge in [0.2, 0.25) is 5.95 Å². The fraction of sp³-hybridized carbons (Fsp3) is 0.190. The van der Waals surface area contributed by atoms with Crippen molar-refractivity contribution in [2.45, 2.75) is 26.8 Å². The van der Waals surface area contributed by atoms with Gasteiger partial charge < -0.3 is 10.6 Å². The minimum Gasteiger partial charge on any atom is -0.346 e. The number of hydrogen-bond donors (Lipinski definition) is 2. The van der Waals surface area contributed by atoms with Gasteiger partial charge in [-0.25, -0.2) is 9.97 Å². The fourth-order valence-electron chi connectivity index (χ4n) is 2.72. The van der Waals surface area contributed by atoms with Gasteiger partial charge in [-0.05, 0) is 56.7 Å². The molecule has 1 heterocycles. The van der Waals surface area contributed by atoms with E-state index in [1.165, 1.54) is 0 Å². The van der Waals surface area contributed by atoms with Crippen molar-refractivity contribution in [2.24, 2.45) is 0 Å². The minimum atomic E-state index is -0.101. The zero-order chi connectivity index (χ0) is 18.5. The first kappa shape index (κ1) is 17.6. The Morgan fingerprint density at radius 1 is 0.923 bits per heavy atom. The van der Waals surface area contributed by atoms with Crippen LogP contribution in [0.3, 0.4) is 0 Å². The molecule has 132 valence electrons. The van der Waals surface area contributed by atoms with Crippen LogP contribution < -0.4 is 10.6 Å². The third kappa shape index (κ3) is 4.45. The lowest BCUT2D eigenvalue weighted by Gasteiger charge is -2.14. The van der Waals surface area contributed by atoms with E-state index in [2.05, 4.69) is 20.6 Å². The maximum Gasteiger partial charge on any atom is 0.251 e. The van der Waals surface area contributed by atoms with E-state index in [4.69, 9.17) is 0 Å². The van der Waals surface area contributed by atoms with Gasteiger partial charge in [0.05, 0.1) is 6.04 Å². The number of anilines is 2. The highest BCUT2D eigenvalue weighted by Crippen LogP contribution is 2.16. The summed E-state index contributed by atoms with van der Waals surface area (Å²) in [6.45, 7) is 5.84. The number of carbonyl (C=O) groups excluding carboxylic acids is 1. The van der Waals surface area contributed by atoms with Crippen LogP contribution in [0.4, 0.5) is 11.6 Å². The smallest absolute Gasteiger partial charge is 0.251 e. The molecule has 0 unspecified atom stereocenters. The second-order valence-corrected chi connectivity index (χ2v) is 6.28. The van der Waals surface area contributed by atoms with Gasteiger partial charge in [-0.15, -0.1) is 0 Å². The second kappa shape index (κ2) is 7.78. The van der Waals surface area contributed by atoms with Crippen LogP contribution in [0.5, 0.6) is 0 Å². The molecule has 1 aromatic heterocycles. The number of carbonyl (C=O) groups is 1. The SMILES string of the molecule is Cc1cc(C)nc(Nc2ccc(C(=O)N[C@@H](C)c3ccccc3)cc2)n1. The summed E-state index contributed by atoms with van der Waals surface area (Å²) in [6.07, 6.45) is 0. The summed E-state index contributed by atoms with van der Waals surface area (Å²) < 4.78 is 0. The maximum atomic E-state index is 12.4.